The van der Waals surface area contributed by atoms with E-state index in [1.165, 1.54) is 13.0 Å². The van der Waals surface area contributed by atoms with Crippen molar-refractivity contribution in [3.8, 4) is 0 Å². The Kier molecular flexibility index (Phi) is 4.13. The van der Waals surface area contributed by atoms with Gasteiger partial charge in [-0.15, -0.1) is 0 Å². The predicted molar refractivity (Wildman–Crippen MR) is 71.6 cm³/mol. The lowest BCUT2D eigenvalue weighted by Crippen LogP contribution is -2.16. The van der Waals surface area contributed by atoms with E-state index in [1.54, 1.807) is 30.3 Å². The summed E-state index contributed by atoms with van der Waals surface area (Å²) in [6.07, 6.45) is -0.210. The molecule has 0 saturated carbocycles. The number of carboxylic acid groups (broad SMARTS) is 1. The molecule has 0 heterocycles. The number of carboxylic acids is 1. The second kappa shape index (κ2) is 5.82. The molecule has 2 nitrogen and oxygen atoms in total. The molecule has 0 saturated heterocycles. The number of hydrogen-bond donors (Lipinski definition) is 1. The van der Waals surface area contributed by atoms with Gasteiger partial charge in [0.15, 0.2) is 0 Å². The van der Waals surface area contributed by atoms with E-state index in [9.17, 15) is 18.7 Å². The van der Waals surface area contributed by atoms with Crippen molar-refractivity contribution in [2.45, 2.75) is 19.3 Å². The minimum atomic E-state index is -1.10. The summed E-state index contributed by atoms with van der Waals surface area (Å²) in [6.45, 7) is 1.52. The minimum Gasteiger partial charge on any atom is -0.481 e. The molecular formula is C16H14F2O2. The second-order valence-electron chi connectivity index (χ2n) is 4.66. The highest BCUT2D eigenvalue weighted by Crippen LogP contribution is 2.25. The lowest BCUT2D eigenvalue weighted by Gasteiger charge is -2.14. The van der Waals surface area contributed by atoms with Crippen LogP contribution in [-0.4, -0.2) is 11.1 Å². The fourth-order valence-corrected chi connectivity index (χ4v) is 2.14. The molecule has 0 aliphatic carbocycles. The fraction of sp³-hybridized carbons (Fsp3) is 0.188. The van der Waals surface area contributed by atoms with E-state index in [1.807, 2.05) is 0 Å². The molecule has 2 aromatic rings. The number of aliphatic carboxylic acids is 1. The molecule has 2 aromatic carbocycles. The Morgan fingerprint density at radius 2 is 1.80 bits per heavy atom. The normalized spacial score (nSPS) is 12.2. The molecular weight excluding hydrogens is 262 g/mol. The van der Waals surface area contributed by atoms with Crippen molar-refractivity contribution >= 4 is 5.97 Å². The average molecular weight is 276 g/mol. The first-order valence-electron chi connectivity index (χ1n) is 6.22. The zero-order valence-corrected chi connectivity index (χ0v) is 10.9. The van der Waals surface area contributed by atoms with Gasteiger partial charge in [-0.05, 0) is 30.5 Å². The Morgan fingerprint density at radius 1 is 1.15 bits per heavy atom. The smallest absolute Gasteiger partial charge is 0.311 e. The quantitative estimate of drug-likeness (QED) is 0.924. The maximum atomic E-state index is 14.0. The van der Waals surface area contributed by atoms with Gasteiger partial charge in [-0.1, -0.05) is 36.4 Å². The summed E-state index contributed by atoms with van der Waals surface area (Å²) in [5, 5.41) is 9.29. The van der Waals surface area contributed by atoms with Gasteiger partial charge in [0.25, 0.3) is 0 Å². The van der Waals surface area contributed by atoms with Crippen LogP contribution in [0, 0.1) is 18.6 Å². The highest BCUT2D eigenvalue weighted by molar-refractivity contribution is 5.76. The van der Waals surface area contributed by atoms with Crippen LogP contribution in [0.4, 0.5) is 8.78 Å². The predicted octanol–water partition coefficient (Wildman–Crippen LogP) is 3.68. The average Bonchev–Trinajstić information content (AvgIpc) is 2.44. The summed E-state index contributed by atoms with van der Waals surface area (Å²) in [7, 11) is 0. The highest BCUT2D eigenvalue weighted by atomic mass is 19.1. The Morgan fingerprint density at radius 3 is 2.40 bits per heavy atom. The number of aryl methyl sites for hydroxylation is 1. The maximum Gasteiger partial charge on any atom is 0.311 e. The molecule has 20 heavy (non-hydrogen) atoms. The van der Waals surface area contributed by atoms with Crippen molar-refractivity contribution in [1.82, 2.24) is 0 Å². The summed E-state index contributed by atoms with van der Waals surface area (Å²) in [5.74, 6) is -3.46. The van der Waals surface area contributed by atoms with Crippen molar-refractivity contribution in [3.63, 3.8) is 0 Å². The molecule has 0 aromatic heterocycles. The molecule has 1 unspecified atom stereocenters. The van der Waals surface area contributed by atoms with Crippen molar-refractivity contribution < 1.29 is 18.7 Å². The van der Waals surface area contributed by atoms with E-state index in [4.69, 9.17) is 0 Å². The van der Waals surface area contributed by atoms with Gasteiger partial charge in [-0.3, -0.25) is 4.79 Å². The summed E-state index contributed by atoms with van der Waals surface area (Å²) in [5.41, 5.74) is 0.653. The van der Waals surface area contributed by atoms with Gasteiger partial charge in [-0.2, -0.15) is 0 Å². The molecule has 0 bridgehead atoms. The molecule has 4 heteroatoms. The van der Waals surface area contributed by atoms with Crippen LogP contribution in [0.3, 0.4) is 0 Å². The third-order valence-corrected chi connectivity index (χ3v) is 3.29. The van der Waals surface area contributed by atoms with Crippen LogP contribution in [0.5, 0.6) is 0 Å². The largest absolute Gasteiger partial charge is 0.481 e. The Hall–Kier alpha value is -2.23. The second-order valence-corrected chi connectivity index (χ2v) is 4.66. The van der Waals surface area contributed by atoms with Crippen LogP contribution in [0.15, 0.2) is 42.5 Å². The van der Waals surface area contributed by atoms with Crippen molar-refractivity contribution in [3.05, 3.63) is 70.8 Å². The van der Waals surface area contributed by atoms with Gasteiger partial charge in [-0.25, -0.2) is 8.78 Å². The Labute approximate surface area is 115 Å². The number of rotatable bonds is 4. The van der Waals surface area contributed by atoms with Gasteiger partial charge < -0.3 is 5.11 Å². The van der Waals surface area contributed by atoms with Crippen LogP contribution < -0.4 is 0 Å². The van der Waals surface area contributed by atoms with E-state index in [0.717, 1.165) is 6.07 Å². The first-order chi connectivity index (χ1) is 9.50. The number of halogens is 2. The highest BCUT2D eigenvalue weighted by Gasteiger charge is 2.24. The minimum absolute atomic E-state index is 0.179. The van der Waals surface area contributed by atoms with Crippen LogP contribution in [0.1, 0.15) is 22.6 Å². The molecule has 1 atom stereocenters. The molecule has 0 aliphatic heterocycles. The number of benzene rings is 2. The third kappa shape index (κ3) is 2.85. The number of carbonyl (C=O) groups is 1. The first kappa shape index (κ1) is 14.2. The van der Waals surface area contributed by atoms with Crippen LogP contribution in [-0.2, 0) is 11.2 Å². The molecule has 0 amide bonds. The maximum absolute atomic E-state index is 14.0. The molecule has 2 rings (SSSR count). The topological polar surface area (TPSA) is 37.3 Å². The molecule has 1 N–H and O–H groups in total. The summed E-state index contributed by atoms with van der Waals surface area (Å²) >= 11 is 0. The van der Waals surface area contributed by atoms with Crippen LogP contribution in [0.2, 0.25) is 0 Å². The molecule has 0 aliphatic rings. The standard InChI is InChI=1S/C16H14F2O2/c1-10-7-8-14(17)13(15(10)18)9-12(16(19)20)11-5-3-2-4-6-11/h2-8,12H,9H2,1H3,(H,19,20). The third-order valence-electron chi connectivity index (χ3n) is 3.29. The van der Waals surface area contributed by atoms with E-state index >= 15 is 0 Å². The van der Waals surface area contributed by atoms with Crippen LogP contribution in [0.25, 0.3) is 0 Å². The summed E-state index contributed by atoms with van der Waals surface area (Å²) in [6, 6.07) is 11.0. The van der Waals surface area contributed by atoms with Crippen LogP contribution >= 0.6 is 0 Å². The molecule has 104 valence electrons. The van der Waals surface area contributed by atoms with Gasteiger partial charge >= 0.3 is 5.97 Å². The lowest BCUT2D eigenvalue weighted by molar-refractivity contribution is -0.138. The number of hydrogen-bond acceptors (Lipinski definition) is 1. The van der Waals surface area contributed by atoms with E-state index in [2.05, 4.69) is 0 Å². The lowest BCUT2D eigenvalue weighted by atomic mass is 9.91. The molecule has 0 radical (unpaired) electrons. The van der Waals surface area contributed by atoms with Gasteiger partial charge in [0.05, 0.1) is 5.92 Å². The van der Waals surface area contributed by atoms with Crippen molar-refractivity contribution in [2.75, 3.05) is 0 Å². The van der Waals surface area contributed by atoms with Gasteiger partial charge in [0.1, 0.15) is 11.6 Å². The fourth-order valence-electron chi connectivity index (χ4n) is 2.14. The Balaban J connectivity index is 2.40. The monoisotopic (exact) mass is 276 g/mol. The van der Waals surface area contributed by atoms with Crippen molar-refractivity contribution in [2.24, 2.45) is 0 Å². The Bertz CT molecular complexity index is 624. The summed E-state index contributed by atoms with van der Waals surface area (Å²) in [4.78, 5) is 11.4. The zero-order valence-electron chi connectivity index (χ0n) is 10.9. The van der Waals surface area contributed by atoms with E-state index in [-0.39, 0.29) is 12.0 Å². The van der Waals surface area contributed by atoms with E-state index < -0.39 is 23.5 Å². The molecule has 0 fully saturated rings. The van der Waals surface area contributed by atoms with E-state index in [0.29, 0.717) is 11.1 Å². The summed E-state index contributed by atoms with van der Waals surface area (Å²) < 4.78 is 27.7. The van der Waals surface area contributed by atoms with Gasteiger partial charge in [0.2, 0.25) is 0 Å². The van der Waals surface area contributed by atoms with Gasteiger partial charge in [0, 0.05) is 5.56 Å². The molecule has 0 spiro atoms. The first-order valence-corrected chi connectivity index (χ1v) is 6.22. The van der Waals surface area contributed by atoms with Crippen molar-refractivity contribution in [1.29, 1.82) is 0 Å². The SMILES string of the molecule is Cc1ccc(F)c(CC(C(=O)O)c2ccccc2)c1F. The zero-order chi connectivity index (χ0) is 14.7.